The van der Waals surface area contributed by atoms with Crippen LogP contribution in [0.3, 0.4) is 0 Å². The first kappa shape index (κ1) is 26.9. The average Bonchev–Trinajstić information content (AvgIpc) is 3.24. The Hall–Kier alpha value is -2.19. The SMILES string of the molecule is CCCC(C)N1CC=C[C@]23O[C@H]4/C=C\CCCCOC(=O)[C@H]4[C@H]2C(=O)N([C@@H](CO)[C@@H](C)CC)C3C1=O. The van der Waals surface area contributed by atoms with Crippen molar-refractivity contribution in [3.8, 4) is 0 Å². The number of nitrogens with zero attached hydrogens (tertiary/aromatic N) is 2. The van der Waals surface area contributed by atoms with Gasteiger partial charge in [-0.3, -0.25) is 14.4 Å². The van der Waals surface area contributed by atoms with Gasteiger partial charge in [0, 0.05) is 12.6 Å². The molecule has 0 radical (unpaired) electrons. The van der Waals surface area contributed by atoms with Crippen molar-refractivity contribution in [2.24, 2.45) is 17.8 Å². The third-order valence-electron chi connectivity index (χ3n) is 8.65. The van der Waals surface area contributed by atoms with Crippen LogP contribution in [0.2, 0.25) is 0 Å². The standard InChI is InChI=1S/C28H42N2O6/c1-5-12-19(4)29-15-11-14-28-23(22-21(36-28)13-9-7-8-10-16-35-27(22)34)25(32)30(24(28)26(29)33)20(17-31)18(3)6-2/h9,11,13-14,18-24,31H,5-8,10,12,15-17H2,1-4H3/b13-9-/t18-,19?,20-,21-,22+,23-,24?,28-/m0/s1. The molecule has 1 spiro atoms. The van der Waals surface area contributed by atoms with Crippen molar-refractivity contribution >= 4 is 17.8 Å². The van der Waals surface area contributed by atoms with Gasteiger partial charge in [-0.05, 0) is 38.5 Å². The summed E-state index contributed by atoms with van der Waals surface area (Å²) in [4.78, 5) is 45.3. The quantitative estimate of drug-likeness (QED) is 0.425. The molecule has 36 heavy (non-hydrogen) atoms. The number of cyclic esters (lactones) is 1. The minimum Gasteiger partial charge on any atom is -0.465 e. The fourth-order valence-corrected chi connectivity index (χ4v) is 6.52. The highest BCUT2D eigenvalue weighted by atomic mass is 16.6. The van der Waals surface area contributed by atoms with E-state index >= 15 is 0 Å². The molecule has 0 aliphatic carbocycles. The molecule has 8 nitrogen and oxygen atoms in total. The minimum atomic E-state index is -1.29. The van der Waals surface area contributed by atoms with E-state index in [2.05, 4.69) is 6.92 Å². The zero-order valence-corrected chi connectivity index (χ0v) is 22.1. The Kier molecular flexibility index (Phi) is 8.25. The summed E-state index contributed by atoms with van der Waals surface area (Å²) in [6.45, 7) is 8.56. The number of esters is 1. The van der Waals surface area contributed by atoms with Gasteiger partial charge in [-0.1, -0.05) is 57.9 Å². The number of hydrogen-bond donors (Lipinski definition) is 1. The lowest BCUT2D eigenvalue weighted by molar-refractivity contribution is -0.157. The zero-order valence-electron chi connectivity index (χ0n) is 22.1. The molecule has 8 atom stereocenters. The summed E-state index contributed by atoms with van der Waals surface area (Å²) in [6, 6.07) is -1.51. The Balaban J connectivity index is 1.85. The number of aliphatic hydroxyl groups is 1. The third kappa shape index (κ3) is 4.40. The zero-order chi connectivity index (χ0) is 26.0. The predicted octanol–water partition coefficient (Wildman–Crippen LogP) is 2.84. The number of likely N-dealkylation sites (tertiary alicyclic amines) is 1. The highest BCUT2D eigenvalue weighted by molar-refractivity contribution is 5.99. The van der Waals surface area contributed by atoms with Gasteiger partial charge in [0.25, 0.3) is 0 Å². The molecule has 0 aromatic carbocycles. The van der Waals surface area contributed by atoms with Crippen LogP contribution in [-0.4, -0.2) is 82.3 Å². The molecule has 0 saturated carbocycles. The van der Waals surface area contributed by atoms with E-state index in [4.69, 9.17) is 9.47 Å². The number of ether oxygens (including phenoxy) is 2. The molecule has 4 heterocycles. The summed E-state index contributed by atoms with van der Waals surface area (Å²) < 4.78 is 12.3. The monoisotopic (exact) mass is 502 g/mol. The molecule has 2 saturated heterocycles. The first-order chi connectivity index (χ1) is 17.3. The van der Waals surface area contributed by atoms with Crippen LogP contribution in [0.4, 0.5) is 0 Å². The van der Waals surface area contributed by atoms with Gasteiger partial charge in [0.2, 0.25) is 11.8 Å². The van der Waals surface area contributed by atoms with E-state index in [1.54, 1.807) is 4.90 Å². The van der Waals surface area contributed by atoms with E-state index in [1.165, 1.54) is 0 Å². The number of hydrogen-bond acceptors (Lipinski definition) is 6. The molecule has 200 valence electrons. The summed E-state index contributed by atoms with van der Waals surface area (Å²) in [5.74, 6) is -2.70. The van der Waals surface area contributed by atoms with Crippen LogP contribution in [0.1, 0.15) is 66.2 Å². The third-order valence-corrected chi connectivity index (χ3v) is 8.65. The van der Waals surface area contributed by atoms with Crippen LogP contribution in [0.15, 0.2) is 24.3 Å². The molecule has 4 rings (SSSR count). The van der Waals surface area contributed by atoms with Crippen molar-refractivity contribution in [1.29, 1.82) is 0 Å². The summed E-state index contributed by atoms with van der Waals surface area (Å²) in [5, 5.41) is 10.4. The van der Waals surface area contributed by atoms with Crippen molar-refractivity contribution in [3.63, 3.8) is 0 Å². The van der Waals surface area contributed by atoms with Gasteiger partial charge in [0.1, 0.15) is 17.6 Å². The largest absolute Gasteiger partial charge is 0.465 e. The molecule has 2 unspecified atom stereocenters. The topological polar surface area (TPSA) is 96.4 Å². The smallest absolute Gasteiger partial charge is 0.312 e. The number of carbonyl (C=O) groups excluding carboxylic acids is 3. The van der Waals surface area contributed by atoms with Crippen LogP contribution < -0.4 is 0 Å². The molecule has 2 fully saturated rings. The molecule has 4 aliphatic rings. The number of allylic oxidation sites excluding steroid dienone is 1. The van der Waals surface area contributed by atoms with Gasteiger partial charge in [-0.25, -0.2) is 0 Å². The molecular weight excluding hydrogens is 460 g/mol. The molecule has 2 amide bonds. The number of fused-ring (bicyclic) bond motifs is 2. The highest BCUT2D eigenvalue weighted by Crippen LogP contribution is 2.54. The molecule has 0 bridgehead atoms. The van der Waals surface area contributed by atoms with Crippen molar-refractivity contribution in [2.75, 3.05) is 19.8 Å². The fourth-order valence-electron chi connectivity index (χ4n) is 6.52. The van der Waals surface area contributed by atoms with Gasteiger partial charge in [0.05, 0.1) is 31.3 Å². The number of carbonyl (C=O) groups is 3. The minimum absolute atomic E-state index is 0.0126. The second-order valence-corrected chi connectivity index (χ2v) is 10.8. The summed E-state index contributed by atoms with van der Waals surface area (Å²) in [7, 11) is 0. The molecule has 0 aromatic heterocycles. The van der Waals surface area contributed by atoms with Crippen molar-refractivity contribution in [1.82, 2.24) is 9.80 Å². The van der Waals surface area contributed by atoms with Crippen LogP contribution in [0.25, 0.3) is 0 Å². The van der Waals surface area contributed by atoms with Gasteiger partial charge in [-0.2, -0.15) is 0 Å². The number of amides is 2. The Labute approximate surface area is 214 Å². The molecule has 1 N–H and O–H groups in total. The second kappa shape index (κ2) is 11.1. The molecule has 0 aromatic rings. The maximum Gasteiger partial charge on any atom is 0.312 e. The van der Waals surface area contributed by atoms with Crippen molar-refractivity contribution < 1.29 is 29.0 Å². The van der Waals surface area contributed by atoms with E-state index in [9.17, 15) is 19.5 Å². The highest BCUT2D eigenvalue weighted by Gasteiger charge is 2.72. The van der Waals surface area contributed by atoms with Gasteiger partial charge in [-0.15, -0.1) is 0 Å². The van der Waals surface area contributed by atoms with Gasteiger partial charge >= 0.3 is 5.97 Å². The van der Waals surface area contributed by atoms with E-state index in [0.717, 1.165) is 38.5 Å². The lowest BCUT2D eigenvalue weighted by Gasteiger charge is -2.41. The lowest BCUT2D eigenvalue weighted by Crippen LogP contribution is -2.60. The van der Waals surface area contributed by atoms with Gasteiger partial charge < -0.3 is 24.4 Å². The normalized spacial score (nSPS) is 35.9. The van der Waals surface area contributed by atoms with Crippen molar-refractivity contribution in [3.05, 3.63) is 24.3 Å². The van der Waals surface area contributed by atoms with Crippen LogP contribution in [0.5, 0.6) is 0 Å². The van der Waals surface area contributed by atoms with Crippen LogP contribution >= 0.6 is 0 Å². The summed E-state index contributed by atoms with van der Waals surface area (Å²) in [5.41, 5.74) is -1.29. The Bertz CT molecular complexity index is 902. The lowest BCUT2D eigenvalue weighted by atomic mass is 9.77. The van der Waals surface area contributed by atoms with Crippen LogP contribution in [0, 0.1) is 17.8 Å². The average molecular weight is 503 g/mol. The number of rotatable bonds is 7. The van der Waals surface area contributed by atoms with E-state index in [0.29, 0.717) is 13.2 Å². The maximum absolute atomic E-state index is 14.3. The summed E-state index contributed by atoms with van der Waals surface area (Å²) in [6.07, 6.45) is 12.0. The number of aliphatic hydroxyl groups excluding tert-OH is 1. The second-order valence-electron chi connectivity index (χ2n) is 10.8. The summed E-state index contributed by atoms with van der Waals surface area (Å²) >= 11 is 0. The molecule has 8 heteroatoms. The predicted molar refractivity (Wildman–Crippen MR) is 135 cm³/mol. The molecular formula is C28H42N2O6. The fraction of sp³-hybridized carbons (Fsp3) is 0.750. The van der Waals surface area contributed by atoms with Crippen molar-refractivity contribution in [2.45, 2.75) is 96.1 Å². The first-order valence-electron chi connectivity index (χ1n) is 13.7. The first-order valence-corrected chi connectivity index (χ1v) is 13.7. The van der Waals surface area contributed by atoms with Crippen LogP contribution in [-0.2, 0) is 23.9 Å². The van der Waals surface area contributed by atoms with E-state index in [1.807, 2.05) is 50.0 Å². The molecule has 4 aliphatic heterocycles. The Morgan fingerprint density at radius 2 is 1.92 bits per heavy atom. The van der Waals surface area contributed by atoms with E-state index in [-0.39, 0.29) is 30.4 Å². The van der Waals surface area contributed by atoms with E-state index < -0.39 is 41.6 Å². The Morgan fingerprint density at radius 1 is 1.14 bits per heavy atom. The van der Waals surface area contributed by atoms with Gasteiger partial charge in [0.15, 0.2) is 0 Å². The maximum atomic E-state index is 14.3. The Morgan fingerprint density at radius 3 is 2.61 bits per heavy atom.